The van der Waals surface area contributed by atoms with Crippen LogP contribution in [0.3, 0.4) is 0 Å². The average molecular weight is 340 g/mol. The van der Waals surface area contributed by atoms with Crippen molar-refractivity contribution in [1.29, 1.82) is 0 Å². The Morgan fingerprint density at radius 3 is 2.28 bits per heavy atom. The van der Waals surface area contributed by atoms with Gasteiger partial charge in [-0.15, -0.1) is 0 Å². The van der Waals surface area contributed by atoms with Gasteiger partial charge in [0.05, 0.1) is 25.1 Å². The van der Waals surface area contributed by atoms with E-state index in [2.05, 4.69) is 9.97 Å². The standard InChI is InChI=1S/C18H20N4O3/c1-10(11-7-12(23-2)9-13(8-11)24-3)25-15-6-4-5-14-16(15)17(19)22-18(20)21-14/h4-10H,1-3H3,(H4,19,20,21,22). The molecule has 2 aromatic carbocycles. The SMILES string of the molecule is COc1cc(OC)cc(C(C)Oc2cccc3nc(N)nc(N)c23)c1. The molecule has 0 saturated heterocycles. The summed E-state index contributed by atoms with van der Waals surface area (Å²) in [6, 6.07) is 11.1. The van der Waals surface area contributed by atoms with Gasteiger partial charge in [0.1, 0.15) is 29.2 Å². The van der Waals surface area contributed by atoms with E-state index in [9.17, 15) is 0 Å². The molecule has 25 heavy (non-hydrogen) atoms. The molecule has 0 spiro atoms. The fourth-order valence-electron chi connectivity index (χ4n) is 2.62. The largest absolute Gasteiger partial charge is 0.497 e. The summed E-state index contributed by atoms with van der Waals surface area (Å²) in [5, 5.41) is 0.637. The van der Waals surface area contributed by atoms with Gasteiger partial charge in [-0.05, 0) is 36.8 Å². The van der Waals surface area contributed by atoms with Crippen LogP contribution in [0, 0.1) is 0 Å². The Kier molecular flexibility index (Phi) is 4.47. The topological polar surface area (TPSA) is 106 Å². The molecule has 4 N–H and O–H groups in total. The van der Waals surface area contributed by atoms with Crippen LogP contribution in [0.4, 0.5) is 11.8 Å². The van der Waals surface area contributed by atoms with Crippen LogP contribution < -0.4 is 25.7 Å². The number of nitrogens with two attached hydrogens (primary N) is 2. The highest BCUT2D eigenvalue weighted by Crippen LogP contribution is 2.34. The number of nitrogen functional groups attached to an aromatic ring is 2. The van der Waals surface area contributed by atoms with Gasteiger partial charge in [-0.1, -0.05) is 6.07 Å². The number of benzene rings is 2. The van der Waals surface area contributed by atoms with Crippen molar-refractivity contribution in [3.8, 4) is 17.2 Å². The number of nitrogens with zero attached hydrogens (tertiary/aromatic N) is 2. The maximum absolute atomic E-state index is 6.12. The first-order chi connectivity index (χ1) is 12.0. The third-order valence-corrected chi connectivity index (χ3v) is 3.88. The van der Waals surface area contributed by atoms with Crippen LogP contribution in [0.2, 0.25) is 0 Å². The smallest absolute Gasteiger partial charge is 0.222 e. The molecule has 0 aliphatic heterocycles. The molecule has 3 aromatic rings. The molecule has 0 amide bonds. The Morgan fingerprint density at radius 2 is 1.64 bits per heavy atom. The van der Waals surface area contributed by atoms with E-state index >= 15 is 0 Å². The van der Waals surface area contributed by atoms with Gasteiger partial charge in [0.2, 0.25) is 5.95 Å². The van der Waals surface area contributed by atoms with Gasteiger partial charge in [0.25, 0.3) is 0 Å². The van der Waals surface area contributed by atoms with E-state index in [1.807, 2.05) is 43.3 Å². The highest BCUT2D eigenvalue weighted by Gasteiger charge is 2.15. The van der Waals surface area contributed by atoms with Crippen molar-refractivity contribution in [2.75, 3.05) is 25.7 Å². The molecule has 1 unspecified atom stereocenters. The highest BCUT2D eigenvalue weighted by atomic mass is 16.5. The van der Waals surface area contributed by atoms with E-state index in [1.165, 1.54) is 0 Å². The molecule has 7 nitrogen and oxygen atoms in total. The zero-order chi connectivity index (χ0) is 18.0. The molecule has 7 heteroatoms. The van der Waals surface area contributed by atoms with Gasteiger partial charge >= 0.3 is 0 Å². The quantitative estimate of drug-likeness (QED) is 0.735. The molecule has 0 saturated carbocycles. The molecule has 1 aromatic heterocycles. The van der Waals surface area contributed by atoms with Gasteiger partial charge in [-0.2, -0.15) is 4.98 Å². The molecule has 1 heterocycles. The summed E-state index contributed by atoms with van der Waals surface area (Å²) in [5.41, 5.74) is 13.2. The van der Waals surface area contributed by atoms with Crippen LogP contribution in [-0.4, -0.2) is 24.2 Å². The van der Waals surface area contributed by atoms with Crippen molar-refractivity contribution in [2.24, 2.45) is 0 Å². The van der Waals surface area contributed by atoms with E-state index < -0.39 is 0 Å². The maximum atomic E-state index is 6.12. The Balaban J connectivity index is 1.99. The van der Waals surface area contributed by atoms with Crippen LogP contribution in [0.25, 0.3) is 10.9 Å². The number of ether oxygens (including phenoxy) is 3. The number of methoxy groups -OCH3 is 2. The van der Waals surface area contributed by atoms with E-state index in [-0.39, 0.29) is 17.9 Å². The first-order valence-corrected chi connectivity index (χ1v) is 7.73. The lowest BCUT2D eigenvalue weighted by Crippen LogP contribution is -2.06. The van der Waals surface area contributed by atoms with Crippen LogP contribution in [0.15, 0.2) is 36.4 Å². The van der Waals surface area contributed by atoms with E-state index in [1.54, 1.807) is 14.2 Å². The summed E-state index contributed by atoms with van der Waals surface area (Å²) in [6.07, 6.45) is -0.272. The van der Waals surface area contributed by atoms with Crippen LogP contribution >= 0.6 is 0 Å². The van der Waals surface area contributed by atoms with E-state index in [0.29, 0.717) is 28.2 Å². The van der Waals surface area contributed by atoms with Gasteiger partial charge < -0.3 is 25.7 Å². The predicted octanol–water partition coefficient (Wildman–Crippen LogP) is 2.95. The second-order valence-corrected chi connectivity index (χ2v) is 5.52. The zero-order valence-electron chi connectivity index (χ0n) is 14.3. The molecular weight excluding hydrogens is 320 g/mol. The fourth-order valence-corrected chi connectivity index (χ4v) is 2.62. The fraction of sp³-hybridized carbons (Fsp3) is 0.222. The van der Waals surface area contributed by atoms with Crippen LogP contribution in [-0.2, 0) is 0 Å². The summed E-state index contributed by atoms with van der Waals surface area (Å²) in [7, 11) is 3.22. The second-order valence-electron chi connectivity index (χ2n) is 5.52. The zero-order valence-corrected chi connectivity index (χ0v) is 14.3. The van der Waals surface area contributed by atoms with Crippen molar-refractivity contribution in [1.82, 2.24) is 9.97 Å². The normalized spacial score (nSPS) is 12.0. The van der Waals surface area contributed by atoms with Gasteiger partial charge in [-0.3, -0.25) is 0 Å². The molecule has 3 rings (SSSR count). The minimum absolute atomic E-state index is 0.132. The van der Waals surface area contributed by atoms with Crippen LogP contribution in [0.5, 0.6) is 17.2 Å². The molecule has 0 aliphatic carbocycles. The van der Waals surface area contributed by atoms with Crippen LogP contribution in [0.1, 0.15) is 18.6 Å². The first-order valence-electron chi connectivity index (χ1n) is 7.73. The monoisotopic (exact) mass is 340 g/mol. The summed E-state index contributed by atoms with van der Waals surface area (Å²) in [4.78, 5) is 8.22. The highest BCUT2D eigenvalue weighted by molar-refractivity contribution is 5.94. The molecule has 0 radical (unpaired) electrons. The average Bonchev–Trinajstić information content (AvgIpc) is 2.60. The molecule has 130 valence electrons. The Hall–Kier alpha value is -3.22. The predicted molar refractivity (Wildman–Crippen MR) is 97.0 cm³/mol. The summed E-state index contributed by atoms with van der Waals surface area (Å²) < 4.78 is 16.7. The number of hydrogen-bond donors (Lipinski definition) is 2. The Morgan fingerprint density at radius 1 is 0.960 bits per heavy atom. The van der Waals surface area contributed by atoms with E-state index in [0.717, 1.165) is 5.56 Å². The van der Waals surface area contributed by atoms with Gasteiger partial charge in [0.15, 0.2) is 0 Å². The Labute approximate surface area is 145 Å². The minimum atomic E-state index is -0.272. The molecular formula is C18H20N4O3. The van der Waals surface area contributed by atoms with Gasteiger partial charge in [-0.25, -0.2) is 4.98 Å². The number of anilines is 2. The number of rotatable bonds is 5. The van der Waals surface area contributed by atoms with Crippen molar-refractivity contribution < 1.29 is 14.2 Å². The summed E-state index contributed by atoms with van der Waals surface area (Å²) >= 11 is 0. The van der Waals surface area contributed by atoms with Crippen molar-refractivity contribution in [2.45, 2.75) is 13.0 Å². The van der Waals surface area contributed by atoms with E-state index in [4.69, 9.17) is 25.7 Å². The molecule has 0 aliphatic rings. The summed E-state index contributed by atoms with van der Waals surface area (Å²) in [5.74, 6) is 2.39. The third kappa shape index (κ3) is 3.35. The lowest BCUT2D eigenvalue weighted by atomic mass is 10.1. The first kappa shape index (κ1) is 16.6. The molecule has 0 fully saturated rings. The lowest BCUT2D eigenvalue weighted by molar-refractivity contribution is 0.228. The second kappa shape index (κ2) is 6.72. The molecule has 0 bridgehead atoms. The molecule has 1 atom stereocenters. The Bertz CT molecular complexity index is 892. The number of fused-ring (bicyclic) bond motifs is 1. The third-order valence-electron chi connectivity index (χ3n) is 3.88. The van der Waals surface area contributed by atoms with Gasteiger partial charge in [0, 0.05) is 6.07 Å². The van der Waals surface area contributed by atoms with Crippen molar-refractivity contribution in [3.05, 3.63) is 42.0 Å². The number of aromatic nitrogens is 2. The summed E-state index contributed by atoms with van der Waals surface area (Å²) in [6.45, 7) is 1.93. The van der Waals surface area contributed by atoms with Crippen molar-refractivity contribution >= 4 is 22.7 Å². The number of hydrogen-bond acceptors (Lipinski definition) is 7. The lowest BCUT2D eigenvalue weighted by Gasteiger charge is -2.18. The van der Waals surface area contributed by atoms with Crippen molar-refractivity contribution in [3.63, 3.8) is 0 Å². The minimum Gasteiger partial charge on any atom is -0.497 e. The maximum Gasteiger partial charge on any atom is 0.222 e.